The quantitative estimate of drug-likeness (QED) is 0.896. The Balaban J connectivity index is 1.58. The van der Waals surface area contributed by atoms with Crippen LogP contribution in [0, 0.1) is 10.8 Å². The monoisotopic (exact) mass is 329 g/mol. The summed E-state index contributed by atoms with van der Waals surface area (Å²) in [5, 5.41) is 10.4. The van der Waals surface area contributed by atoms with E-state index in [1.807, 2.05) is 6.20 Å². The number of hydrogen-bond donors (Lipinski definition) is 2. The van der Waals surface area contributed by atoms with Crippen molar-refractivity contribution in [2.24, 2.45) is 10.8 Å². The zero-order chi connectivity index (χ0) is 16.9. The van der Waals surface area contributed by atoms with Gasteiger partial charge in [-0.05, 0) is 29.7 Å². The molecule has 2 aromatic rings. The Labute approximate surface area is 142 Å². The number of rotatable bonds is 4. The van der Waals surface area contributed by atoms with Crippen molar-refractivity contribution in [3.05, 3.63) is 18.6 Å². The van der Waals surface area contributed by atoms with Crippen LogP contribution in [-0.2, 0) is 0 Å². The highest BCUT2D eigenvalue weighted by Gasteiger charge is 2.58. The van der Waals surface area contributed by atoms with E-state index in [1.54, 1.807) is 6.33 Å². The van der Waals surface area contributed by atoms with Crippen LogP contribution in [0.4, 0.5) is 5.82 Å². The number of aliphatic hydroxyl groups is 1. The second kappa shape index (κ2) is 5.43. The molecular formula is C18H27N5O. The number of fused-ring (bicyclic) bond motifs is 2. The Kier molecular flexibility index (Phi) is 3.58. The standard InChI is InChI=1S/C18H27N5O/c1-17-8-13(9-18(17,2)11-23(10-17)6-7-24)22(3)16-14-4-5-19-15(14)20-12-21-16/h4-5,12-13,24H,6-11H2,1-3H3,(H,19,20,21)/t13?,17-,18+. The predicted molar refractivity (Wildman–Crippen MR) is 95.1 cm³/mol. The van der Waals surface area contributed by atoms with Gasteiger partial charge in [-0.25, -0.2) is 9.97 Å². The fraction of sp³-hybridized carbons (Fsp3) is 0.667. The lowest BCUT2D eigenvalue weighted by Gasteiger charge is -2.32. The summed E-state index contributed by atoms with van der Waals surface area (Å²) in [4.78, 5) is 16.8. The summed E-state index contributed by atoms with van der Waals surface area (Å²) < 4.78 is 0. The molecule has 0 aromatic carbocycles. The number of likely N-dealkylation sites (tertiary alicyclic amines) is 1. The minimum Gasteiger partial charge on any atom is -0.395 e. The third-order valence-electron chi connectivity index (χ3n) is 6.61. The van der Waals surface area contributed by atoms with Crippen LogP contribution in [0.5, 0.6) is 0 Å². The van der Waals surface area contributed by atoms with E-state index in [9.17, 15) is 5.11 Å². The summed E-state index contributed by atoms with van der Waals surface area (Å²) in [5.41, 5.74) is 1.49. The van der Waals surface area contributed by atoms with Crippen LogP contribution in [-0.4, -0.2) is 64.3 Å². The molecule has 0 amide bonds. The molecule has 4 rings (SSSR count). The number of β-amino-alcohol motifs (C(OH)–C–C–N with tert-alkyl or cyclic N) is 1. The highest BCUT2D eigenvalue weighted by Crippen LogP contribution is 2.58. The van der Waals surface area contributed by atoms with E-state index in [0.717, 1.165) is 49.3 Å². The van der Waals surface area contributed by atoms with Gasteiger partial charge in [-0.2, -0.15) is 0 Å². The molecule has 2 fully saturated rings. The molecule has 6 heteroatoms. The molecule has 1 aliphatic heterocycles. The largest absolute Gasteiger partial charge is 0.395 e. The maximum Gasteiger partial charge on any atom is 0.142 e. The molecule has 0 spiro atoms. The van der Waals surface area contributed by atoms with Crippen molar-refractivity contribution in [1.29, 1.82) is 0 Å². The molecule has 130 valence electrons. The third-order valence-corrected chi connectivity index (χ3v) is 6.61. The first-order chi connectivity index (χ1) is 11.5. The summed E-state index contributed by atoms with van der Waals surface area (Å²) >= 11 is 0. The van der Waals surface area contributed by atoms with Gasteiger partial charge in [0.2, 0.25) is 0 Å². The lowest BCUT2D eigenvalue weighted by atomic mass is 9.71. The van der Waals surface area contributed by atoms with E-state index in [4.69, 9.17) is 0 Å². The first kappa shape index (κ1) is 15.8. The SMILES string of the molecule is CN(c1ncnc2[nH]ccc12)C1C[C@@]2(C)CN(CCO)C[C@@]2(C)C1. The van der Waals surface area contributed by atoms with Crippen molar-refractivity contribution in [2.75, 3.05) is 38.2 Å². The zero-order valence-electron chi connectivity index (χ0n) is 14.8. The minimum absolute atomic E-state index is 0.252. The lowest BCUT2D eigenvalue weighted by Crippen LogP contribution is -2.35. The van der Waals surface area contributed by atoms with Crippen LogP contribution in [0.2, 0.25) is 0 Å². The Bertz CT molecular complexity index is 726. The van der Waals surface area contributed by atoms with Gasteiger partial charge in [-0.3, -0.25) is 4.90 Å². The van der Waals surface area contributed by atoms with Crippen molar-refractivity contribution in [3.8, 4) is 0 Å². The maximum absolute atomic E-state index is 9.26. The molecule has 0 bridgehead atoms. The Morgan fingerprint density at radius 3 is 2.67 bits per heavy atom. The molecule has 3 atom stereocenters. The second-order valence-electron chi connectivity index (χ2n) is 8.17. The number of H-pyrrole nitrogens is 1. The molecule has 0 radical (unpaired) electrons. The molecule has 6 nitrogen and oxygen atoms in total. The van der Waals surface area contributed by atoms with Crippen molar-refractivity contribution < 1.29 is 5.11 Å². The van der Waals surface area contributed by atoms with Crippen molar-refractivity contribution in [3.63, 3.8) is 0 Å². The van der Waals surface area contributed by atoms with Gasteiger partial charge < -0.3 is 15.0 Å². The van der Waals surface area contributed by atoms with Gasteiger partial charge in [-0.15, -0.1) is 0 Å². The van der Waals surface area contributed by atoms with Crippen LogP contribution in [0.15, 0.2) is 18.6 Å². The second-order valence-corrected chi connectivity index (χ2v) is 8.17. The first-order valence-corrected chi connectivity index (χ1v) is 8.80. The van der Waals surface area contributed by atoms with E-state index in [0.29, 0.717) is 16.9 Å². The Morgan fingerprint density at radius 2 is 2.00 bits per heavy atom. The van der Waals surface area contributed by atoms with Crippen LogP contribution >= 0.6 is 0 Å². The molecule has 1 aliphatic carbocycles. The highest BCUT2D eigenvalue weighted by molar-refractivity contribution is 5.87. The van der Waals surface area contributed by atoms with Crippen LogP contribution in [0.3, 0.4) is 0 Å². The molecule has 2 N–H and O–H groups in total. The molecule has 1 saturated heterocycles. The minimum atomic E-state index is 0.252. The maximum atomic E-state index is 9.26. The number of hydrogen-bond acceptors (Lipinski definition) is 5. The summed E-state index contributed by atoms with van der Waals surface area (Å²) in [6, 6.07) is 2.55. The van der Waals surface area contributed by atoms with Crippen molar-refractivity contribution >= 4 is 16.9 Å². The Hall–Kier alpha value is -1.66. The van der Waals surface area contributed by atoms with Gasteiger partial charge >= 0.3 is 0 Å². The zero-order valence-corrected chi connectivity index (χ0v) is 14.8. The van der Waals surface area contributed by atoms with E-state index < -0.39 is 0 Å². The normalized spacial score (nSPS) is 33.2. The van der Waals surface area contributed by atoms with E-state index >= 15 is 0 Å². The number of aromatic amines is 1. The molecule has 3 heterocycles. The average Bonchev–Trinajstić information content (AvgIpc) is 3.15. The van der Waals surface area contributed by atoms with Gasteiger partial charge in [0, 0.05) is 38.9 Å². The summed E-state index contributed by atoms with van der Waals surface area (Å²) in [7, 11) is 2.17. The third kappa shape index (κ3) is 2.24. The molecule has 2 aliphatic rings. The molecule has 24 heavy (non-hydrogen) atoms. The Morgan fingerprint density at radius 1 is 1.29 bits per heavy atom. The number of nitrogens with zero attached hydrogens (tertiary/aromatic N) is 4. The average molecular weight is 329 g/mol. The number of nitrogens with one attached hydrogen (secondary N) is 1. The number of aliphatic hydroxyl groups excluding tert-OH is 1. The van der Waals surface area contributed by atoms with Gasteiger partial charge in [0.15, 0.2) is 0 Å². The van der Waals surface area contributed by atoms with Gasteiger partial charge in [0.25, 0.3) is 0 Å². The molecule has 1 unspecified atom stereocenters. The summed E-state index contributed by atoms with van der Waals surface area (Å²) in [6.45, 7) is 8.05. The van der Waals surface area contributed by atoms with Crippen LogP contribution in [0.1, 0.15) is 26.7 Å². The van der Waals surface area contributed by atoms with Crippen molar-refractivity contribution in [1.82, 2.24) is 19.9 Å². The van der Waals surface area contributed by atoms with E-state index in [-0.39, 0.29) is 6.61 Å². The molecule has 1 saturated carbocycles. The van der Waals surface area contributed by atoms with Gasteiger partial charge in [0.1, 0.15) is 17.8 Å². The van der Waals surface area contributed by atoms with E-state index in [1.165, 1.54) is 0 Å². The molecule has 2 aromatic heterocycles. The van der Waals surface area contributed by atoms with Crippen LogP contribution in [0.25, 0.3) is 11.0 Å². The first-order valence-electron chi connectivity index (χ1n) is 8.80. The van der Waals surface area contributed by atoms with Gasteiger partial charge in [0.05, 0.1) is 12.0 Å². The summed E-state index contributed by atoms with van der Waals surface area (Å²) in [5.74, 6) is 1.02. The van der Waals surface area contributed by atoms with Crippen molar-refractivity contribution in [2.45, 2.75) is 32.7 Å². The summed E-state index contributed by atoms with van der Waals surface area (Å²) in [6.07, 6.45) is 5.90. The van der Waals surface area contributed by atoms with Crippen LogP contribution < -0.4 is 4.90 Å². The molecular weight excluding hydrogens is 302 g/mol. The fourth-order valence-electron chi connectivity index (χ4n) is 5.04. The predicted octanol–water partition coefficient (Wildman–Crippen LogP) is 1.88. The van der Waals surface area contributed by atoms with E-state index in [2.05, 4.69) is 51.7 Å². The highest BCUT2D eigenvalue weighted by atomic mass is 16.3. The lowest BCUT2D eigenvalue weighted by molar-refractivity contribution is 0.184. The number of aromatic nitrogens is 3. The topological polar surface area (TPSA) is 68.3 Å². The smallest absolute Gasteiger partial charge is 0.142 e. The fourth-order valence-corrected chi connectivity index (χ4v) is 5.04. The van der Waals surface area contributed by atoms with Gasteiger partial charge in [-0.1, -0.05) is 13.8 Å². The number of anilines is 1.